The molecule has 8 nitrogen and oxygen atoms in total. The molecule has 2 heterocycles. The summed E-state index contributed by atoms with van der Waals surface area (Å²) in [6.07, 6.45) is 7.69. The second-order valence-corrected chi connectivity index (χ2v) is 9.87. The summed E-state index contributed by atoms with van der Waals surface area (Å²) in [6.45, 7) is 3.64. The molecule has 0 saturated carbocycles. The zero-order valence-corrected chi connectivity index (χ0v) is 20.1. The third kappa shape index (κ3) is 9.20. The maximum atomic E-state index is 10.4. The highest BCUT2D eigenvalue weighted by Gasteiger charge is 1.99. The maximum Gasteiger partial charge on any atom is 0.167 e. The third-order valence-corrected chi connectivity index (χ3v) is 6.09. The van der Waals surface area contributed by atoms with Crippen molar-refractivity contribution in [2.45, 2.75) is 23.6 Å². The van der Waals surface area contributed by atoms with Gasteiger partial charge in [-0.05, 0) is 49.2 Å². The Balaban J connectivity index is 0.000000181. The number of rotatable bonds is 3. The first-order chi connectivity index (χ1) is 16.0. The van der Waals surface area contributed by atoms with E-state index in [1.54, 1.807) is 24.3 Å². The number of hydrogen-bond acceptors (Lipinski definition) is 6. The first kappa shape index (κ1) is 26.8. The van der Waals surface area contributed by atoms with Crippen LogP contribution in [0.15, 0.2) is 107 Å². The highest BCUT2D eigenvalue weighted by molar-refractivity contribution is 7.86. The largest absolute Gasteiger partial charge is 0.744 e. The lowest BCUT2D eigenvalue weighted by atomic mass is 10.1. The van der Waals surface area contributed by atoms with Gasteiger partial charge in [0.1, 0.15) is 20.2 Å². The highest BCUT2D eigenvalue weighted by Crippen LogP contribution is 2.14. The van der Waals surface area contributed by atoms with Gasteiger partial charge in [-0.2, -0.15) is 0 Å². The Morgan fingerprint density at radius 2 is 0.765 bits per heavy atom. The van der Waals surface area contributed by atoms with Crippen molar-refractivity contribution in [3.05, 3.63) is 109 Å². The van der Waals surface area contributed by atoms with E-state index >= 15 is 0 Å². The molecule has 0 aliphatic carbocycles. The standard InChI is InChI=1S/C10H8N2.2C7H8O3S/c1-5-11-6-2-9(1)10-3-7-12-8-4-10;2*1-6-2-4-7(5-3-6)11(8,9)10/h1-8H;2*2-5H,1H3,(H,8,9,10). The van der Waals surface area contributed by atoms with Crippen LogP contribution in [-0.2, 0) is 20.2 Å². The van der Waals surface area contributed by atoms with Crippen molar-refractivity contribution >= 4 is 20.2 Å². The van der Waals surface area contributed by atoms with Crippen molar-refractivity contribution in [2.75, 3.05) is 0 Å². The summed E-state index contributed by atoms with van der Waals surface area (Å²) in [7, 11) is -8.54. The summed E-state index contributed by atoms with van der Waals surface area (Å²) in [5, 5.41) is 0. The van der Waals surface area contributed by atoms with Crippen molar-refractivity contribution in [1.29, 1.82) is 0 Å². The predicted molar refractivity (Wildman–Crippen MR) is 123 cm³/mol. The normalized spacial score (nSPS) is 10.8. The zero-order chi connectivity index (χ0) is 25.2. The predicted octanol–water partition coefficient (Wildman–Crippen LogP) is 2.78. The Morgan fingerprint density at radius 1 is 0.500 bits per heavy atom. The van der Waals surface area contributed by atoms with Crippen LogP contribution >= 0.6 is 0 Å². The summed E-state index contributed by atoms with van der Waals surface area (Å²) in [5.41, 5.74) is 4.31. The molecule has 34 heavy (non-hydrogen) atoms. The average Bonchev–Trinajstić information content (AvgIpc) is 2.80. The Labute approximate surface area is 199 Å². The number of pyridine rings is 2. The molecule has 2 aromatic heterocycles. The van der Waals surface area contributed by atoms with E-state index < -0.39 is 20.2 Å². The van der Waals surface area contributed by atoms with Gasteiger partial charge in [0, 0.05) is 24.3 Å². The van der Waals surface area contributed by atoms with Gasteiger partial charge >= 0.3 is 0 Å². The van der Waals surface area contributed by atoms with Crippen molar-refractivity contribution in [3.63, 3.8) is 0 Å². The van der Waals surface area contributed by atoms with Gasteiger partial charge in [-0.1, -0.05) is 35.4 Å². The summed E-state index contributed by atoms with van der Waals surface area (Å²) in [4.78, 5) is 5.63. The molecule has 0 fully saturated rings. The van der Waals surface area contributed by atoms with Gasteiger partial charge in [0.2, 0.25) is 0 Å². The van der Waals surface area contributed by atoms with E-state index in [4.69, 9.17) is 0 Å². The van der Waals surface area contributed by atoms with E-state index in [9.17, 15) is 25.9 Å². The van der Waals surface area contributed by atoms with E-state index in [0.717, 1.165) is 11.1 Å². The van der Waals surface area contributed by atoms with Crippen LogP contribution in [0, 0.1) is 13.8 Å². The van der Waals surface area contributed by atoms with Crippen molar-refractivity contribution < 1.29 is 35.9 Å². The van der Waals surface area contributed by atoms with Crippen molar-refractivity contribution in [3.8, 4) is 11.1 Å². The fraction of sp³-hybridized carbons (Fsp3) is 0.0833. The van der Waals surface area contributed by atoms with E-state index in [1.807, 2.05) is 38.6 Å². The number of hydrogen-bond donors (Lipinski definition) is 0. The van der Waals surface area contributed by atoms with Gasteiger partial charge < -0.3 is 9.11 Å². The minimum absolute atomic E-state index is 0.178. The number of nitrogens with one attached hydrogen (secondary N) is 2. The number of aromatic nitrogens is 2. The lowest BCUT2D eigenvalue weighted by Gasteiger charge is -2.05. The lowest BCUT2D eigenvalue weighted by Crippen LogP contribution is -1.99. The fourth-order valence-corrected chi connectivity index (χ4v) is 3.51. The molecule has 0 saturated heterocycles. The highest BCUT2D eigenvalue weighted by atomic mass is 32.2. The van der Waals surface area contributed by atoms with Crippen LogP contribution < -0.4 is 9.97 Å². The van der Waals surface area contributed by atoms with E-state index in [0.29, 0.717) is 0 Å². The minimum atomic E-state index is -4.27. The Kier molecular flexibility index (Phi) is 9.58. The second-order valence-electron chi connectivity index (χ2n) is 7.11. The molecule has 0 aliphatic heterocycles. The van der Waals surface area contributed by atoms with Crippen molar-refractivity contribution in [2.24, 2.45) is 0 Å². The molecule has 2 N–H and O–H groups in total. The quantitative estimate of drug-likeness (QED) is 0.396. The van der Waals surface area contributed by atoms with Crippen LogP contribution in [0.25, 0.3) is 11.1 Å². The molecule has 4 aromatic rings. The Bertz CT molecular complexity index is 1260. The summed E-state index contributed by atoms with van der Waals surface area (Å²) in [6, 6.07) is 19.8. The van der Waals surface area contributed by atoms with E-state index in [1.165, 1.54) is 35.4 Å². The molecule has 0 aliphatic rings. The summed E-state index contributed by atoms with van der Waals surface area (Å²) in [5.74, 6) is 0. The minimum Gasteiger partial charge on any atom is -0.744 e. The number of H-pyrrole nitrogens is 2. The topological polar surface area (TPSA) is 143 Å². The van der Waals surface area contributed by atoms with E-state index in [2.05, 4.69) is 34.2 Å². The molecule has 4 rings (SSSR count). The molecule has 178 valence electrons. The van der Waals surface area contributed by atoms with Crippen molar-refractivity contribution in [1.82, 2.24) is 0 Å². The molecule has 10 heteroatoms. The second kappa shape index (κ2) is 12.1. The summed E-state index contributed by atoms with van der Waals surface area (Å²) >= 11 is 0. The molecular weight excluding hydrogens is 476 g/mol. The van der Waals surface area contributed by atoms with Crippen LogP contribution in [0.4, 0.5) is 0 Å². The number of benzene rings is 2. The molecular formula is C24H24N2O6S2. The average molecular weight is 501 g/mol. The lowest BCUT2D eigenvalue weighted by molar-refractivity contribution is -0.378. The van der Waals surface area contributed by atoms with Crippen LogP contribution in [0.5, 0.6) is 0 Å². The summed E-state index contributed by atoms with van der Waals surface area (Å²) < 4.78 is 62.3. The van der Waals surface area contributed by atoms with Crippen LogP contribution in [-0.4, -0.2) is 25.9 Å². The fourth-order valence-electron chi connectivity index (χ4n) is 2.57. The van der Waals surface area contributed by atoms with Gasteiger partial charge in [-0.3, -0.25) is 0 Å². The van der Waals surface area contributed by atoms with Gasteiger partial charge in [-0.15, -0.1) is 0 Å². The van der Waals surface area contributed by atoms with Crippen LogP contribution in [0.1, 0.15) is 11.1 Å². The van der Waals surface area contributed by atoms with Gasteiger partial charge in [0.05, 0.1) is 9.79 Å². The number of aryl methyl sites for hydroxylation is 2. The molecule has 2 aromatic carbocycles. The molecule has 0 unspecified atom stereocenters. The maximum absolute atomic E-state index is 10.4. The van der Waals surface area contributed by atoms with Gasteiger partial charge in [-0.25, -0.2) is 26.8 Å². The van der Waals surface area contributed by atoms with Crippen LogP contribution in [0.3, 0.4) is 0 Å². The van der Waals surface area contributed by atoms with Crippen LogP contribution in [0.2, 0.25) is 0 Å². The van der Waals surface area contributed by atoms with Gasteiger partial charge in [0.15, 0.2) is 24.8 Å². The third-order valence-electron chi connectivity index (χ3n) is 4.39. The number of aromatic amines is 2. The molecule has 0 bridgehead atoms. The first-order valence-electron chi connectivity index (χ1n) is 9.94. The smallest absolute Gasteiger partial charge is 0.167 e. The monoisotopic (exact) mass is 500 g/mol. The first-order valence-corrected chi connectivity index (χ1v) is 12.8. The molecule has 0 atom stereocenters. The molecule has 0 spiro atoms. The Hall–Kier alpha value is -3.44. The zero-order valence-electron chi connectivity index (χ0n) is 18.5. The Morgan fingerprint density at radius 3 is 1.00 bits per heavy atom. The molecule has 0 amide bonds. The SMILES string of the molecule is Cc1ccc(S(=O)(=O)[O-])cc1.Cc1ccc(S(=O)(=O)[O-])cc1.c1cc(-c2cc[nH+]cc2)cc[nH+]1. The molecule has 0 radical (unpaired) electrons. The van der Waals surface area contributed by atoms with E-state index in [-0.39, 0.29) is 9.79 Å². The van der Waals surface area contributed by atoms with Gasteiger partial charge in [0.25, 0.3) is 0 Å².